The maximum atomic E-state index is 5.84. The van der Waals surface area contributed by atoms with E-state index >= 15 is 0 Å². The van der Waals surface area contributed by atoms with Gasteiger partial charge in [0.25, 0.3) is 0 Å². The molecule has 90 valence electrons. The molecule has 3 aromatic rings. The first-order chi connectivity index (χ1) is 8.72. The third-order valence-electron chi connectivity index (χ3n) is 2.26. The number of aromatic nitrogens is 6. The van der Waals surface area contributed by atoms with E-state index in [4.69, 9.17) is 11.6 Å². The van der Waals surface area contributed by atoms with Gasteiger partial charge >= 0.3 is 0 Å². The van der Waals surface area contributed by atoms with Crippen LogP contribution in [0.5, 0.6) is 0 Å². The second kappa shape index (κ2) is 4.19. The van der Waals surface area contributed by atoms with Crippen molar-refractivity contribution in [3.8, 4) is 0 Å². The van der Waals surface area contributed by atoms with Crippen LogP contribution in [0.1, 0.15) is 5.69 Å². The van der Waals surface area contributed by atoms with E-state index in [1.165, 1.54) is 0 Å². The highest BCUT2D eigenvalue weighted by Crippen LogP contribution is 2.21. The number of aryl methyl sites for hydroxylation is 1. The third-order valence-corrected chi connectivity index (χ3v) is 2.43. The van der Waals surface area contributed by atoms with E-state index in [1.807, 2.05) is 13.0 Å². The highest BCUT2D eigenvalue weighted by Gasteiger charge is 2.09. The zero-order chi connectivity index (χ0) is 12.5. The van der Waals surface area contributed by atoms with Gasteiger partial charge in [0.1, 0.15) is 0 Å². The van der Waals surface area contributed by atoms with Gasteiger partial charge in [-0.05, 0) is 18.5 Å². The highest BCUT2D eigenvalue weighted by atomic mass is 35.5. The maximum absolute atomic E-state index is 5.84. The van der Waals surface area contributed by atoms with E-state index in [0.29, 0.717) is 22.8 Å². The van der Waals surface area contributed by atoms with Crippen LogP contribution in [0.4, 0.5) is 11.6 Å². The molecule has 0 aliphatic heterocycles. The lowest BCUT2D eigenvalue weighted by Crippen LogP contribution is -1.99. The standard InChI is InChI=1S/C10H8ClN7/c1-5-4-6(18-17-5)14-9-7-8(13-3-2-12-7)15-10(11)16-9/h2-4H,1H3,(H2,13,14,15,16,17,18). The molecule has 0 bridgehead atoms. The average molecular weight is 262 g/mol. The summed E-state index contributed by atoms with van der Waals surface area (Å²) in [4.78, 5) is 16.4. The Morgan fingerprint density at radius 1 is 1.22 bits per heavy atom. The van der Waals surface area contributed by atoms with Gasteiger partial charge in [-0.3, -0.25) is 5.10 Å². The normalized spacial score (nSPS) is 10.8. The molecule has 0 atom stereocenters. The van der Waals surface area contributed by atoms with Crippen LogP contribution in [0.3, 0.4) is 0 Å². The first-order valence-corrected chi connectivity index (χ1v) is 5.53. The Kier molecular flexibility index (Phi) is 2.52. The molecule has 0 aromatic carbocycles. The molecule has 0 aliphatic rings. The van der Waals surface area contributed by atoms with Gasteiger partial charge in [-0.1, -0.05) is 0 Å². The lowest BCUT2D eigenvalue weighted by Gasteiger charge is -2.04. The first kappa shape index (κ1) is 10.8. The fourth-order valence-electron chi connectivity index (χ4n) is 1.53. The monoisotopic (exact) mass is 261 g/mol. The number of H-pyrrole nitrogens is 1. The van der Waals surface area contributed by atoms with Gasteiger partial charge in [0, 0.05) is 24.2 Å². The van der Waals surface area contributed by atoms with Crippen molar-refractivity contribution in [3.63, 3.8) is 0 Å². The minimum Gasteiger partial charge on any atom is -0.321 e. The smallest absolute Gasteiger partial charge is 0.226 e. The Balaban J connectivity index is 2.10. The molecule has 0 aliphatic carbocycles. The van der Waals surface area contributed by atoms with Gasteiger partial charge < -0.3 is 5.32 Å². The Bertz CT molecular complexity index is 708. The summed E-state index contributed by atoms with van der Waals surface area (Å²) in [5.74, 6) is 1.11. The van der Waals surface area contributed by atoms with Crippen LogP contribution in [-0.4, -0.2) is 30.1 Å². The summed E-state index contributed by atoms with van der Waals surface area (Å²) in [5, 5.41) is 10.0. The van der Waals surface area contributed by atoms with Gasteiger partial charge in [-0.15, -0.1) is 0 Å². The van der Waals surface area contributed by atoms with Crippen LogP contribution in [0.25, 0.3) is 11.2 Å². The molecule has 3 rings (SSSR count). The Morgan fingerprint density at radius 3 is 2.83 bits per heavy atom. The molecule has 18 heavy (non-hydrogen) atoms. The fraction of sp³-hybridized carbons (Fsp3) is 0.100. The molecule has 0 spiro atoms. The van der Waals surface area contributed by atoms with Crippen molar-refractivity contribution in [1.29, 1.82) is 0 Å². The molecule has 0 saturated carbocycles. The second-order valence-corrected chi connectivity index (χ2v) is 3.97. The van der Waals surface area contributed by atoms with Crippen molar-refractivity contribution in [1.82, 2.24) is 30.1 Å². The molecule has 0 fully saturated rings. The molecule has 8 heteroatoms. The zero-order valence-corrected chi connectivity index (χ0v) is 10.1. The van der Waals surface area contributed by atoms with Crippen LogP contribution >= 0.6 is 11.6 Å². The predicted molar refractivity (Wildman–Crippen MR) is 66.7 cm³/mol. The van der Waals surface area contributed by atoms with E-state index < -0.39 is 0 Å². The SMILES string of the molecule is Cc1cc(Nc2nc(Cl)nc3nccnc23)n[nH]1. The molecule has 7 nitrogen and oxygen atoms in total. The van der Waals surface area contributed by atoms with Crippen molar-refractivity contribution in [2.45, 2.75) is 6.92 Å². The number of fused-ring (bicyclic) bond motifs is 1. The molecule has 0 radical (unpaired) electrons. The molecule has 3 heterocycles. The Labute approximate surface area is 107 Å². The summed E-state index contributed by atoms with van der Waals surface area (Å²) in [5.41, 5.74) is 1.92. The van der Waals surface area contributed by atoms with Crippen LogP contribution < -0.4 is 5.32 Å². The van der Waals surface area contributed by atoms with Gasteiger partial charge in [-0.2, -0.15) is 15.1 Å². The number of rotatable bonds is 2. The Hall–Kier alpha value is -2.28. The largest absolute Gasteiger partial charge is 0.321 e. The molecule has 3 aromatic heterocycles. The van der Waals surface area contributed by atoms with Gasteiger partial charge in [0.15, 0.2) is 22.8 Å². The van der Waals surface area contributed by atoms with Crippen molar-refractivity contribution in [2.75, 3.05) is 5.32 Å². The molecular weight excluding hydrogens is 254 g/mol. The molecule has 0 saturated heterocycles. The van der Waals surface area contributed by atoms with Crippen molar-refractivity contribution >= 4 is 34.4 Å². The third kappa shape index (κ3) is 1.95. The lowest BCUT2D eigenvalue weighted by molar-refractivity contribution is 1.05. The topological polar surface area (TPSA) is 92.3 Å². The van der Waals surface area contributed by atoms with Crippen LogP contribution in [-0.2, 0) is 0 Å². The van der Waals surface area contributed by atoms with Gasteiger partial charge in [0.2, 0.25) is 5.28 Å². The fourth-order valence-corrected chi connectivity index (χ4v) is 1.69. The van der Waals surface area contributed by atoms with E-state index in [-0.39, 0.29) is 5.28 Å². The second-order valence-electron chi connectivity index (χ2n) is 3.63. The van der Waals surface area contributed by atoms with Gasteiger partial charge in [-0.25, -0.2) is 9.97 Å². The number of nitrogens with zero attached hydrogens (tertiary/aromatic N) is 5. The molecule has 0 amide bonds. The molecule has 0 unspecified atom stereocenters. The molecular formula is C10H8ClN7. The Morgan fingerprint density at radius 2 is 2.06 bits per heavy atom. The summed E-state index contributed by atoms with van der Waals surface area (Å²) < 4.78 is 0. The van der Waals surface area contributed by atoms with E-state index in [9.17, 15) is 0 Å². The zero-order valence-electron chi connectivity index (χ0n) is 9.35. The summed E-state index contributed by atoms with van der Waals surface area (Å²) in [6.07, 6.45) is 3.12. The quantitative estimate of drug-likeness (QED) is 0.684. The number of hydrogen-bond donors (Lipinski definition) is 2. The van der Waals surface area contributed by atoms with E-state index in [0.717, 1.165) is 5.69 Å². The summed E-state index contributed by atoms with van der Waals surface area (Å²) in [6, 6.07) is 1.85. The van der Waals surface area contributed by atoms with E-state index in [1.54, 1.807) is 12.4 Å². The summed E-state index contributed by atoms with van der Waals surface area (Å²) in [6.45, 7) is 1.91. The number of aromatic amines is 1. The van der Waals surface area contributed by atoms with Crippen molar-refractivity contribution in [3.05, 3.63) is 29.4 Å². The minimum atomic E-state index is 0.109. The first-order valence-electron chi connectivity index (χ1n) is 5.15. The van der Waals surface area contributed by atoms with E-state index in [2.05, 4.69) is 35.5 Å². The van der Waals surface area contributed by atoms with Crippen LogP contribution in [0.2, 0.25) is 5.28 Å². The highest BCUT2D eigenvalue weighted by molar-refractivity contribution is 6.28. The number of halogens is 1. The van der Waals surface area contributed by atoms with Gasteiger partial charge in [0.05, 0.1) is 0 Å². The average Bonchev–Trinajstić information content (AvgIpc) is 2.74. The number of hydrogen-bond acceptors (Lipinski definition) is 6. The minimum absolute atomic E-state index is 0.109. The predicted octanol–water partition coefficient (Wildman–Crippen LogP) is 1.85. The molecule has 2 N–H and O–H groups in total. The maximum Gasteiger partial charge on any atom is 0.226 e. The van der Waals surface area contributed by atoms with Crippen molar-refractivity contribution in [2.24, 2.45) is 0 Å². The van der Waals surface area contributed by atoms with Crippen LogP contribution in [0.15, 0.2) is 18.5 Å². The number of anilines is 2. The summed E-state index contributed by atoms with van der Waals surface area (Å²) in [7, 11) is 0. The lowest BCUT2D eigenvalue weighted by atomic mass is 10.4. The summed E-state index contributed by atoms with van der Waals surface area (Å²) >= 11 is 5.84. The number of nitrogens with one attached hydrogen (secondary N) is 2. The van der Waals surface area contributed by atoms with Crippen LogP contribution in [0, 0.1) is 6.92 Å². The van der Waals surface area contributed by atoms with Crippen molar-refractivity contribution < 1.29 is 0 Å².